The van der Waals surface area contributed by atoms with Crippen molar-refractivity contribution in [3.8, 4) is 0 Å². The van der Waals surface area contributed by atoms with Crippen LogP contribution in [0.3, 0.4) is 0 Å². The monoisotopic (exact) mass is 418 g/mol. The van der Waals surface area contributed by atoms with Crippen LogP contribution in [0.5, 0.6) is 0 Å². The Balaban J connectivity index is 1.39. The summed E-state index contributed by atoms with van der Waals surface area (Å²) in [6.45, 7) is 1.73. The van der Waals surface area contributed by atoms with Gasteiger partial charge in [-0.05, 0) is 43.8 Å². The Morgan fingerprint density at radius 2 is 1.90 bits per heavy atom. The number of likely N-dealkylation sites (tertiary alicyclic amines) is 1. The van der Waals surface area contributed by atoms with Gasteiger partial charge in [0.05, 0.1) is 17.6 Å². The van der Waals surface area contributed by atoms with Crippen LogP contribution >= 0.6 is 0 Å². The summed E-state index contributed by atoms with van der Waals surface area (Å²) in [4.78, 5) is 35.9. The number of piperazine rings is 1. The molecule has 0 aliphatic carbocycles. The number of pyridine rings is 1. The maximum absolute atomic E-state index is 13.8. The molecule has 3 aromatic rings. The Labute approximate surface area is 179 Å². The van der Waals surface area contributed by atoms with Crippen molar-refractivity contribution in [3.63, 3.8) is 0 Å². The van der Waals surface area contributed by atoms with Gasteiger partial charge in [-0.3, -0.25) is 14.5 Å². The second kappa shape index (κ2) is 7.42. The lowest BCUT2D eigenvalue weighted by Crippen LogP contribution is -2.64. The van der Waals surface area contributed by atoms with Crippen molar-refractivity contribution >= 4 is 28.4 Å². The Morgan fingerprint density at radius 1 is 1.06 bits per heavy atom. The molecule has 0 bridgehead atoms. The summed E-state index contributed by atoms with van der Waals surface area (Å²) in [5.74, 6) is -0.547. The summed E-state index contributed by atoms with van der Waals surface area (Å²) in [7, 11) is 1.92. The van der Waals surface area contributed by atoms with Crippen LogP contribution in [0.15, 0.2) is 60.7 Å². The SMILES string of the molecule is CN1CC(=O)N(c2cccc(F)c2)CC12CCN(C(=O)c1ccc3ccccc3n1)C2. The molecular formula is C24H23FN4O2. The van der Waals surface area contributed by atoms with Crippen LogP contribution in [0.1, 0.15) is 16.9 Å². The Morgan fingerprint density at radius 3 is 2.74 bits per heavy atom. The fourth-order valence-corrected chi connectivity index (χ4v) is 4.66. The molecule has 0 saturated carbocycles. The minimum Gasteiger partial charge on any atom is -0.335 e. The Hall–Kier alpha value is -3.32. The predicted molar refractivity (Wildman–Crippen MR) is 116 cm³/mol. The molecule has 7 heteroatoms. The molecule has 0 radical (unpaired) electrons. The quantitative estimate of drug-likeness (QED) is 0.642. The fraction of sp³-hybridized carbons (Fsp3) is 0.292. The van der Waals surface area contributed by atoms with Gasteiger partial charge in [-0.2, -0.15) is 0 Å². The van der Waals surface area contributed by atoms with Crippen molar-refractivity contribution in [1.29, 1.82) is 0 Å². The molecule has 1 spiro atoms. The van der Waals surface area contributed by atoms with E-state index in [0.29, 0.717) is 31.0 Å². The molecule has 6 nitrogen and oxygen atoms in total. The number of hydrogen-bond donors (Lipinski definition) is 0. The average molecular weight is 418 g/mol. The zero-order chi connectivity index (χ0) is 21.6. The first-order chi connectivity index (χ1) is 14.9. The molecule has 5 rings (SSSR count). The van der Waals surface area contributed by atoms with Gasteiger partial charge in [-0.15, -0.1) is 0 Å². The first kappa shape index (κ1) is 19.6. The van der Waals surface area contributed by atoms with E-state index in [1.165, 1.54) is 12.1 Å². The van der Waals surface area contributed by atoms with E-state index < -0.39 is 0 Å². The van der Waals surface area contributed by atoms with E-state index in [1.807, 2.05) is 47.2 Å². The van der Waals surface area contributed by atoms with Crippen LogP contribution in [0.2, 0.25) is 0 Å². The van der Waals surface area contributed by atoms with Crippen molar-refractivity contribution in [2.24, 2.45) is 0 Å². The van der Waals surface area contributed by atoms with Crippen LogP contribution in [-0.2, 0) is 4.79 Å². The standard InChI is InChI=1S/C24H23FN4O2/c1-27-14-22(30)29(19-7-4-6-18(25)13-19)16-24(27)11-12-28(15-24)23(31)21-10-9-17-5-2-3-8-20(17)26-21/h2-10,13H,11-12,14-16H2,1H3. The van der Waals surface area contributed by atoms with E-state index in [2.05, 4.69) is 4.98 Å². The van der Waals surface area contributed by atoms with Crippen molar-refractivity contribution in [3.05, 3.63) is 72.2 Å². The van der Waals surface area contributed by atoms with Crippen molar-refractivity contribution in [2.75, 3.05) is 38.1 Å². The number of carbonyl (C=O) groups is 2. The largest absolute Gasteiger partial charge is 0.335 e. The number of amides is 2. The molecule has 3 heterocycles. The zero-order valence-electron chi connectivity index (χ0n) is 17.3. The Kier molecular flexibility index (Phi) is 4.70. The van der Waals surface area contributed by atoms with Gasteiger partial charge in [0, 0.05) is 30.7 Å². The minimum atomic E-state index is -0.371. The highest BCUT2D eigenvalue weighted by Gasteiger charge is 2.48. The van der Waals surface area contributed by atoms with Crippen molar-refractivity contribution in [2.45, 2.75) is 12.0 Å². The molecule has 158 valence electrons. The third kappa shape index (κ3) is 3.45. The first-order valence-electron chi connectivity index (χ1n) is 10.4. The number of halogens is 1. The van der Waals surface area contributed by atoms with E-state index in [9.17, 15) is 14.0 Å². The molecule has 2 aromatic carbocycles. The van der Waals surface area contributed by atoms with Gasteiger partial charge in [0.1, 0.15) is 11.5 Å². The van der Waals surface area contributed by atoms with Gasteiger partial charge in [0.2, 0.25) is 5.91 Å². The molecule has 2 amide bonds. The van der Waals surface area contributed by atoms with Gasteiger partial charge >= 0.3 is 0 Å². The second-order valence-electron chi connectivity index (χ2n) is 8.41. The van der Waals surface area contributed by atoms with Crippen LogP contribution < -0.4 is 4.90 Å². The van der Waals surface area contributed by atoms with E-state index >= 15 is 0 Å². The number of carbonyl (C=O) groups excluding carboxylic acids is 2. The minimum absolute atomic E-state index is 0.0697. The highest BCUT2D eigenvalue weighted by Crippen LogP contribution is 2.34. The third-order valence-electron chi connectivity index (χ3n) is 6.49. The van der Waals surface area contributed by atoms with Gasteiger partial charge in [0.25, 0.3) is 5.91 Å². The number of hydrogen-bond acceptors (Lipinski definition) is 4. The van der Waals surface area contributed by atoms with Crippen LogP contribution in [-0.4, -0.2) is 65.4 Å². The molecule has 2 aliphatic rings. The molecule has 2 aliphatic heterocycles. The molecule has 1 unspecified atom stereocenters. The second-order valence-corrected chi connectivity index (χ2v) is 8.41. The van der Waals surface area contributed by atoms with Crippen molar-refractivity contribution < 1.29 is 14.0 Å². The lowest BCUT2D eigenvalue weighted by Gasteiger charge is -2.46. The maximum atomic E-state index is 13.8. The number of anilines is 1. The summed E-state index contributed by atoms with van der Waals surface area (Å²) < 4.78 is 13.8. The summed E-state index contributed by atoms with van der Waals surface area (Å²) in [5.41, 5.74) is 1.40. The first-order valence-corrected chi connectivity index (χ1v) is 10.4. The number of para-hydroxylation sites is 1. The topological polar surface area (TPSA) is 56.8 Å². The maximum Gasteiger partial charge on any atom is 0.272 e. The van der Waals surface area contributed by atoms with E-state index in [1.54, 1.807) is 23.1 Å². The van der Waals surface area contributed by atoms with E-state index in [0.717, 1.165) is 17.3 Å². The third-order valence-corrected chi connectivity index (χ3v) is 6.49. The molecule has 1 atom stereocenters. The molecular weight excluding hydrogens is 395 g/mol. The average Bonchev–Trinajstić information content (AvgIpc) is 3.21. The Bertz CT molecular complexity index is 1180. The summed E-state index contributed by atoms with van der Waals surface area (Å²) in [5, 5.41) is 0.994. The van der Waals surface area contributed by atoms with Gasteiger partial charge < -0.3 is 9.80 Å². The zero-order valence-corrected chi connectivity index (χ0v) is 17.3. The molecule has 2 saturated heterocycles. The molecule has 31 heavy (non-hydrogen) atoms. The number of likely N-dealkylation sites (N-methyl/N-ethyl adjacent to an activating group) is 1. The van der Waals surface area contributed by atoms with E-state index in [-0.39, 0.29) is 29.7 Å². The van der Waals surface area contributed by atoms with Crippen LogP contribution in [0.25, 0.3) is 10.9 Å². The summed E-state index contributed by atoms with van der Waals surface area (Å²) >= 11 is 0. The van der Waals surface area contributed by atoms with Gasteiger partial charge in [-0.1, -0.05) is 30.3 Å². The number of fused-ring (bicyclic) bond motifs is 1. The highest BCUT2D eigenvalue weighted by molar-refractivity contribution is 5.97. The molecule has 2 fully saturated rings. The fourth-order valence-electron chi connectivity index (χ4n) is 4.66. The number of rotatable bonds is 2. The van der Waals surface area contributed by atoms with E-state index in [4.69, 9.17) is 0 Å². The normalized spacial score (nSPS) is 21.9. The molecule has 0 N–H and O–H groups in total. The smallest absolute Gasteiger partial charge is 0.272 e. The highest BCUT2D eigenvalue weighted by atomic mass is 19.1. The van der Waals surface area contributed by atoms with Crippen LogP contribution in [0.4, 0.5) is 10.1 Å². The lowest BCUT2D eigenvalue weighted by molar-refractivity contribution is -0.123. The lowest BCUT2D eigenvalue weighted by atomic mass is 9.92. The van der Waals surface area contributed by atoms with Crippen LogP contribution in [0, 0.1) is 5.82 Å². The number of benzene rings is 2. The predicted octanol–water partition coefficient (Wildman–Crippen LogP) is 2.94. The molecule has 1 aromatic heterocycles. The number of aromatic nitrogens is 1. The summed E-state index contributed by atoms with van der Waals surface area (Å²) in [6.07, 6.45) is 0.738. The van der Waals surface area contributed by atoms with Crippen molar-refractivity contribution in [1.82, 2.24) is 14.8 Å². The number of nitrogens with zero attached hydrogens (tertiary/aromatic N) is 4. The van der Waals surface area contributed by atoms with Gasteiger partial charge in [0.15, 0.2) is 0 Å². The van der Waals surface area contributed by atoms with Gasteiger partial charge in [-0.25, -0.2) is 9.37 Å². The summed E-state index contributed by atoms with van der Waals surface area (Å²) in [6, 6.07) is 17.5.